The van der Waals surface area contributed by atoms with E-state index in [1.807, 2.05) is 6.92 Å². The van der Waals surface area contributed by atoms with Gasteiger partial charge in [-0.05, 0) is 82.8 Å². The van der Waals surface area contributed by atoms with E-state index < -0.39 is 0 Å². The normalized spacial score (nSPS) is 16.4. The summed E-state index contributed by atoms with van der Waals surface area (Å²) in [5.74, 6) is 0.0812. The maximum atomic E-state index is 12.6. The Morgan fingerprint density at radius 2 is 1.56 bits per heavy atom. The third kappa shape index (κ3) is 4.27. The average molecular weight is 347 g/mol. The van der Waals surface area contributed by atoms with E-state index >= 15 is 0 Å². The zero-order valence-electron chi connectivity index (χ0n) is 16.8. The SMILES string of the molecule is Cc1c(C)c(N(C)C)c(C)c(C)c1NC(C)C(=O)NC1CCNCC1. The molecule has 1 heterocycles. The molecular formula is C20H34N4O. The van der Waals surface area contributed by atoms with Gasteiger partial charge in [0, 0.05) is 31.5 Å². The molecule has 25 heavy (non-hydrogen) atoms. The number of nitrogens with zero attached hydrogens (tertiary/aromatic N) is 1. The molecule has 0 spiro atoms. The van der Waals surface area contributed by atoms with Crippen molar-refractivity contribution in [1.29, 1.82) is 0 Å². The van der Waals surface area contributed by atoms with Crippen LogP contribution in [0.1, 0.15) is 42.0 Å². The number of carbonyl (C=O) groups excluding carboxylic acids is 1. The minimum absolute atomic E-state index is 0.0812. The highest BCUT2D eigenvalue weighted by Gasteiger charge is 2.22. The van der Waals surface area contributed by atoms with Gasteiger partial charge < -0.3 is 20.9 Å². The van der Waals surface area contributed by atoms with E-state index in [0.717, 1.165) is 31.6 Å². The molecule has 0 aliphatic carbocycles. The number of rotatable bonds is 5. The molecule has 0 aromatic heterocycles. The molecule has 1 aliphatic heterocycles. The third-order valence-electron chi connectivity index (χ3n) is 5.47. The van der Waals surface area contributed by atoms with Gasteiger partial charge >= 0.3 is 0 Å². The van der Waals surface area contributed by atoms with E-state index in [9.17, 15) is 4.79 Å². The van der Waals surface area contributed by atoms with Crippen LogP contribution in [0.5, 0.6) is 0 Å². The molecule has 1 amide bonds. The topological polar surface area (TPSA) is 56.4 Å². The lowest BCUT2D eigenvalue weighted by atomic mass is 9.95. The zero-order chi connectivity index (χ0) is 18.7. The molecule has 3 N–H and O–H groups in total. The van der Waals surface area contributed by atoms with Crippen molar-refractivity contribution < 1.29 is 4.79 Å². The summed E-state index contributed by atoms with van der Waals surface area (Å²) in [4.78, 5) is 14.7. The van der Waals surface area contributed by atoms with E-state index in [1.165, 1.54) is 27.9 Å². The minimum Gasteiger partial charge on any atom is -0.377 e. The molecule has 0 saturated carbocycles. The van der Waals surface area contributed by atoms with E-state index in [1.54, 1.807) is 0 Å². The van der Waals surface area contributed by atoms with Crippen LogP contribution in [0.3, 0.4) is 0 Å². The number of piperidine rings is 1. The standard InChI is InChI=1S/C20H34N4O/c1-12-14(3)19(24(6)7)15(4)13(2)18(12)22-16(5)20(25)23-17-8-10-21-11-9-17/h16-17,21-22H,8-11H2,1-7H3,(H,23,25). The molecule has 1 saturated heterocycles. The highest BCUT2D eigenvalue weighted by molar-refractivity contribution is 5.86. The van der Waals surface area contributed by atoms with Crippen molar-refractivity contribution in [3.63, 3.8) is 0 Å². The van der Waals surface area contributed by atoms with Gasteiger partial charge in [-0.2, -0.15) is 0 Å². The van der Waals surface area contributed by atoms with Crippen LogP contribution >= 0.6 is 0 Å². The quantitative estimate of drug-likeness (QED) is 0.767. The monoisotopic (exact) mass is 346 g/mol. The molecule has 1 aliphatic rings. The Labute approximate surface area is 152 Å². The number of benzene rings is 1. The molecular weight excluding hydrogens is 312 g/mol. The maximum absolute atomic E-state index is 12.6. The second-order valence-corrected chi connectivity index (χ2v) is 7.52. The Kier molecular flexibility index (Phi) is 6.33. The van der Waals surface area contributed by atoms with E-state index in [-0.39, 0.29) is 11.9 Å². The number of hydrogen-bond donors (Lipinski definition) is 3. The van der Waals surface area contributed by atoms with Gasteiger partial charge in [-0.25, -0.2) is 0 Å². The first-order valence-electron chi connectivity index (χ1n) is 9.29. The van der Waals surface area contributed by atoms with E-state index in [4.69, 9.17) is 0 Å². The molecule has 5 heteroatoms. The summed E-state index contributed by atoms with van der Waals surface area (Å²) >= 11 is 0. The predicted octanol–water partition coefficient (Wildman–Crippen LogP) is 2.65. The van der Waals surface area contributed by atoms with Gasteiger partial charge in [0.25, 0.3) is 0 Å². The summed E-state index contributed by atoms with van der Waals surface area (Å²) in [5.41, 5.74) is 7.32. The molecule has 140 valence electrons. The smallest absolute Gasteiger partial charge is 0.242 e. The van der Waals surface area contributed by atoms with Crippen molar-refractivity contribution in [3.05, 3.63) is 22.3 Å². The minimum atomic E-state index is -0.253. The molecule has 1 atom stereocenters. The molecule has 0 bridgehead atoms. The van der Waals surface area contributed by atoms with Crippen molar-refractivity contribution >= 4 is 17.3 Å². The van der Waals surface area contributed by atoms with Crippen molar-refractivity contribution in [2.24, 2.45) is 0 Å². The molecule has 5 nitrogen and oxygen atoms in total. The van der Waals surface area contributed by atoms with Crippen LogP contribution in [-0.2, 0) is 4.79 Å². The number of hydrogen-bond acceptors (Lipinski definition) is 4. The van der Waals surface area contributed by atoms with Crippen molar-refractivity contribution in [2.45, 2.75) is 59.5 Å². The predicted molar refractivity (Wildman–Crippen MR) is 107 cm³/mol. The first-order valence-corrected chi connectivity index (χ1v) is 9.29. The van der Waals surface area contributed by atoms with Gasteiger partial charge in [0.05, 0.1) is 0 Å². The Bertz CT molecular complexity index is 604. The van der Waals surface area contributed by atoms with Gasteiger partial charge in [0.1, 0.15) is 6.04 Å². The summed E-state index contributed by atoms with van der Waals surface area (Å²) in [6.07, 6.45) is 2.01. The second kappa shape index (κ2) is 8.09. The molecule has 1 aromatic rings. The van der Waals surface area contributed by atoms with Crippen LogP contribution in [0.15, 0.2) is 0 Å². The largest absolute Gasteiger partial charge is 0.377 e. The first-order chi connectivity index (χ1) is 11.7. The highest BCUT2D eigenvalue weighted by atomic mass is 16.2. The average Bonchev–Trinajstić information content (AvgIpc) is 2.57. The number of nitrogens with one attached hydrogen (secondary N) is 3. The molecule has 1 fully saturated rings. The first kappa shape index (κ1) is 19.6. The lowest BCUT2D eigenvalue weighted by molar-refractivity contribution is -0.122. The Morgan fingerprint density at radius 3 is 2.04 bits per heavy atom. The summed E-state index contributed by atoms with van der Waals surface area (Å²) in [6.45, 7) is 12.5. The summed E-state index contributed by atoms with van der Waals surface area (Å²) in [5, 5.41) is 9.98. The van der Waals surface area contributed by atoms with Crippen LogP contribution in [0, 0.1) is 27.7 Å². The van der Waals surface area contributed by atoms with E-state index in [0.29, 0.717) is 6.04 Å². The lowest BCUT2D eigenvalue weighted by Crippen LogP contribution is -2.47. The summed E-state index contributed by atoms with van der Waals surface area (Å²) in [7, 11) is 4.16. The van der Waals surface area contributed by atoms with Gasteiger partial charge in [0.15, 0.2) is 0 Å². The molecule has 1 aromatic carbocycles. The van der Waals surface area contributed by atoms with Crippen LogP contribution in [0.4, 0.5) is 11.4 Å². The van der Waals surface area contributed by atoms with Crippen molar-refractivity contribution in [3.8, 4) is 0 Å². The van der Waals surface area contributed by atoms with Crippen LogP contribution < -0.4 is 20.9 Å². The zero-order valence-corrected chi connectivity index (χ0v) is 16.8. The Balaban J connectivity index is 2.17. The molecule has 0 radical (unpaired) electrons. The number of amides is 1. The molecule has 2 rings (SSSR count). The Morgan fingerprint density at radius 1 is 1.04 bits per heavy atom. The van der Waals surface area contributed by atoms with Gasteiger partial charge in [-0.15, -0.1) is 0 Å². The van der Waals surface area contributed by atoms with Crippen molar-refractivity contribution in [1.82, 2.24) is 10.6 Å². The highest BCUT2D eigenvalue weighted by Crippen LogP contribution is 2.35. The van der Waals surface area contributed by atoms with Crippen molar-refractivity contribution in [2.75, 3.05) is 37.4 Å². The second-order valence-electron chi connectivity index (χ2n) is 7.52. The van der Waals surface area contributed by atoms with E-state index in [2.05, 4.69) is 62.6 Å². The fraction of sp³-hybridized carbons (Fsp3) is 0.650. The number of carbonyl (C=O) groups is 1. The lowest BCUT2D eigenvalue weighted by Gasteiger charge is -2.28. The summed E-state index contributed by atoms with van der Waals surface area (Å²) in [6, 6.07) is 0.0380. The van der Waals surface area contributed by atoms with Crippen LogP contribution in [-0.4, -0.2) is 45.2 Å². The number of anilines is 2. The molecule has 1 unspecified atom stereocenters. The van der Waals surface area contributed by atoms with Gasteiger partial charge in [-0.3, -0.25) is 4.79 Å². The van der Waals surface area contributed by atoms with Gasteiger partial charge in [-0.1, -0.05) is 0 Å². The maximum Gasteiger partial charge on any atom is 0.242 e. The third-order valence-corrected chi connectivity index (χ3v) is 5.47. The van der Waals surface area contributed by atoms with Gasteiger partial charge in [0.2, 0.25) is 5.91 Å². The Hall–Kier alpha value is -1.75. The summed E-state index contributed by atoms with van der Waals surface area (Å²) < 4.78 is 0. The van der Waals surface area contributed by atoms with Crippen LogP contribution in [0.2, 0.25) is 0 Å². The fourth-order valence-electron chi connectivity index (χ4n) is 3.75. The fourth-order valence-corrected chi connectivity index (χ4v) is 3.75. The van der Waals surface area contributed by atoms with Crippen LogP contribution in [0.25, 0.3) is 0 Å².